The fourth-order valence-electron chi connectivity index (χ4n) is 3.46. The van der Waals surface area contributed by atoms with Gasteiger partial charge in [0, 0.05) is 16.7 Å². The second-order valence-corrected chi connectivity index (χ2v) is 8.75. The molecular weight excluding hydrogens is 490 g/mol. The third-order valence-corrected chi connectivity index (χ3v) is 6.49. The maximum absolute atomic E-state index is 13.1. The first-order valence-electron chi connectivity index (χ1n) is 10.5. The minimum Gasteiger partial charge on any atom is -0.497 e. The summed E-state index contributed by atoms with van der Waals surface area (Å²) in [5.74, 6) is 1.48. The van der Waals surface area contributed by atoms with Crippen LogP contribution < -0.4 is 23.8 Å². The molecule has 0 unspecified atom stereocenters. The van der Waals surface area contributed by atoms with Crippen molar-refractivity contribution in [1.82, 2.24) is 0 Å². The third kappa shape index (κ3) is 5.23. The van der Waals surface area contributed by atoms with Gasteiger partial charge >= 0.3 is 0 Å². The summed E-state index contributed by atoms with van der Waals surface area (Å²) in [7, 11) is 4.53. The smallest absolute Gasteiger partial charge is 0.298 e. The zero-order valence-electron chi connectivity index (χ0n) is 19.2. The van der Waals surface area contributed by atoms with Gasteiger partial charge in [0.25, 0.3) is 11.1 Å². The highest BCUT2D eigenvalue weighted by Crippen LogP contribution is 2.41. The molecular formula is C26H22ClNO6S. The Labute approximate surface area is 212 Å². The number of hydrogen-bond donors (Lipinski definition) is 0. The number of hydrogen-bond acceptors (Lipinski definition) is 7. The Morgan fingerprint density at radius 2 is 1.66 bits per heavy atom. The van der Waals surface area contributed by atoms with Crippen molar-refractivity contribution in [2.45, 2.75) is 6.61 Å². The van der Waals surface area contributed by atoms with Crippen molar-refractivity contribution in [3.05, 3.63) is 81.7 Å². The number of imide groups is 1. The molecule has 1 heterocycles. The second-order valence-electron chi connectivity index (χ2n) is 7.35. The number of carbonyl (C=O) groups is 2. The standard InChI is InChI=1S/C26H22ClNO6S/c1-31-18-9-10-20(22(14-18)32-2)28-25(29)24(35-26(28)30)13-16-8-11-21(23(12-16)33-3)34-15-17-6-4-5-7-19(17)27/h4-14H,15H2,1-3H3/b24-13-. The molecule has 4 rings (SSSR count). The fraction of sp³-hybridized carbons (Fsp3) is 0.154. The molecule has 1 aliphatic heterocycles. The summed E-state index contributed by atoms with van der Waals surface area (Å²) in [6, 6.07) is 17.6. The molecule has 3 aromatic carbocycles. The number of anilines is 1. The highest BCUT2D eigenvalue weighted by atomic mass is 35.5. The molecule has 0 spiro atoms. The van der Waals surface area contributed by atoms with Gasteiger partial charge in [-0.3, -0.25) is 9.59 Å². The molecule has 0 radical (unpaired) electrons. The fourth-order valence-corrected chi connectivity index (χ4v) is 4.49. The van der Waals surface area contributed by atoms with Crippen LogP contribution in [0.25, 0.3) is 6.08 Å². The van der Waals surface area contributed by atoms with Crippen LogP contribution in [0.4, 0.5) is 10.5 Å². The van der Waals surface area contributed by atoms with Crippen molar-refractivity contribution in [1.29, 1.82) is 0 Å². The Hall–Kier alpha value is -3.62. The first kappa shape index (κ1) is 24.5. The van der Waals surface area contributed by atoms with Crippen LogP contribution in [0.5, 0.6) is 23.0 Å². The maximum Gasteiger partial charge on any atom is 0.298 e. The second kappa shape index (κ2) is 10.8. The van der Waals surface area contributed by atoms with Crippen LogP contribution in [-0.2, 0) is 11.4 Å². The Bertz CT molecular complexity index is 1310. The van der Waals surface area contributed by atoms with E-state index < -0.39 is 11.1 Å². The minimum absolute atomic E-state index is 0.276. The summed E-state index contributed by atoms with van der Waals surface area (Å²) in [6.45, 7) is 0.276. The van der Waals surface area contributed by atoms with Crippen LogP contribution in [0.3, 0.4) is 0 Å². The average molecular weight is 512 g/mol. The molecule has 0 N–H and O–H groups in total. The highest BCUT2D eigenvalue weighted by molar-refractivity contribution is 8.19. The van der Waals surface area contributed by atoms with Crippen molar-refractivity contribution in [2.24, 2.45) is 0 Å². The Morgan fingerprint density at radius 3 is 2.37 bits per heavy atom. The van der Waals surface area contributed by atoms with Crippen molar-refractivity contribution < 1.29 is 28.5 Å². The van der Waals surface area contributed by atoms with Crippen LogP contribution in [0, 0.1) is 0 Å². The van der Waals surface area contributed by atoms with Crippen LogP contribution in [0.1, 0.15) is 11.1 Å². The molecule has 180 valence electrons. The lowest BCUT2D eigenvalue weighted by Gasteiger charge is -2.17. The predicted octanol–water partition coefficient (Wildman–Crippen LogP) is 6.19. The minimum atomic E-state index is -0.443. The van der Waals surface area contributed by atoms with Crippen LogP contribution in [0.15, 0.2) is 65.6 Å². The van der Waals surface area contributed by atoms with E-state index in [1.807, 2.05) is 18.2 Å². The number of benzene rings is 3. The lowest BCUT2D eigenvalue weighted by atomic mass is 10.1. The number of methoxy groups -OCH3 is 3. The van der Waals surface area contributed by atoms with Gasteiger partial charge < -0.3 is 18.9 Å². The zero-order valence-corrected chi connectivity index (χ0v) is 20.8. The molecule has 1 saturated heterocycles. The van der Waals surface area contributed by atoms with Gasteiger partial charge in [0.1, 0.15) is 18.1 Å². The van der Waals surface area contributed by atoms with E-state index in [0.717, 1.165) is 22.2 Å². The Morgan fingerprint density at radius 1 is 0.886 bits per heavy atom. The summed E-state index contributed by atoms with van der Waals surface area (Å²) < 4.78 is 21.9. The molecule has 3 aromatic rings. The third-order valence-electron chi connectivity index (χ3n) is 5.25. The zero-order chi connectivity index (χ0) is 24.9. The van der Waals surface area contributed by atoms with Gasteiger partial charge in [-0.15, -0.1) is 0 Å². The van der Waals surface area contributed by atoms with Crippen molar-refractivity contribution in [3.63, 3.8) is 0 Å². The van der Waals surface area contributed by atoms with Gasteiger partial charge in [-0.2, -0.15) is 0 Å². The van der Waals surface area contributed by atoms with Crippen molar-refractivity contribution >= 4 is 46.3 Å². The molecule has 35 heavy (non-hydrogen) atoms. The molecule has 1 aliphatic rings. The Balaban J connectivity index is 1.56. The molecule has 0 aromatic heterocycles. The van der Waals surface area contributed by atoms with Gasteiger partial charge in [0.05, 0.1) is 31.9 Å². The van der Waals surface area contributed by atoms with E-state index in [-0.39, 0.29) is 11.5 Å². The van der Waals surface area contributed by atoms with E-state index in [1.54, 1.807) is 48.5 Å². The lowest BCUT2D eigenvalue weighted by molar-refractivity contribution is -0.113. The molecule has 0 atom stereocenters. The number of halogens is 1. The number of amides is 2. The van der Waals surface area contributed by atoms with Gasteiger partial charge in [0.2, 0.25) is 0 Å². The average Bonchev–Trinajstić information content (AvgIpc) is 3.15. The maximum atomic E-state index is 13.1. The van der Waals surface area contributed by atoms with E-state index in [4.69, 9.17) is 30.5 Å². The van der Waals surface area contributed by atoms with Gasteiger partial charge in [-0.25, -0.2) is 4.90 Å². The number of thioether (sulfide) groups is 1. The summed E-state index contributed by atoms with van der Waals surface area (Å²) in [5, 5.41) is 0.198. The predicted molar refractivity (Wildman–Crippen MR) is 137 cm³/mol. The molecule has 2 amide bonds. The largest absolute Gasteiger partial charge is 0.497 e. The molecule has 0 bridgehead atoms. The highest BCUT2D eigenvalue weighted by Gasteiger charge is 2.38. The Kier molecular flexibility index (Phi) is 7.53. The van der Waals surface area contributed by atoms with Crippen LogP contribution in [-0.4, -0.2) is 32.5 Å². The van der Waals surface area contributed by atoms with E-state index in [2.05, 4.69) is 0 Å². The quantitative estimate of drug-likeness (QED) is 0.334. The summed E-state index contributed by atoms with van der Waals surface area (Å²) in [5.41, 5.74) is 1.88. The monoisotopic (exact) mass is 511 g/mol. The topological polar surface area (TPSA) is 74.3 Å². The SMILES string of the molecule is COc1ccc(N2C(=O)S/C(=C\c3ccc(OCc4ccccc4Cl)c(OC)c3)C2=O)c(OC)c1. The van der Waals surface area contributed by atoms with Crippen LogP contribution in [0.2, 0.25) is 5.02 Å². The lowest BCUT2D eigenvalue weighted by Crippen LogP contribution is -2.28. The number of carbonyl (C=O) groups excluding carboxylic acids is 2. The molecule has 7 nitrogen and oxygen atoms in total. The number of ether oxygens (including phenoxy) is 4. The van der Waals surface area contributed by atoms with E-state index in [9.17, 15) is 9.59 Å². The van der Waals surface area contributed by atoms with Gasteiger partial charge in [-0.1, -0.05) is 35.9 Å². The first-order chi connectivity index (χ1) is 16.9. The number of rotatable bonds is 8. The van der Waals surface area contributed by atoms with Gasteiger partial charge in [0.15, 0.2) is 11.5 Å². The van der Waals surface area contributed by atoms with Crippen molar-refractivity contribution in [2.75, 3.05) is 26.2 Å². The molecule has 1 fully saturated rings. The van der Waals surface area contributed by atoms with Crippen molar-refractivity contribution in [3.8, 4) is 23.0 Å². The summed E-state index contributed by atoms with van der Waals surface area (Å²) in [6.07, 6.45) is 1.64. The normalized spacial score (nSPS) is 14.4. The first-order valence-corrected chi connectivity index (χ1v) is 11.7. The van der Waals surface area contributed by atoms with Crippen LogP contribution >= 0.6 is 23.4 Å². The molecule has 9 heteroatoms. The summed E-state index contributed by atoms with van der Waals surface area (Å²) in [4.78, 5) is 27.2. The summed E-state index contributed by atoms with van der Waals surface area (Å²) >= 11 is 7.05. The van der Waals surface area contributed by atoms with E-state index in [1.165, 1.54) is 21.3 Å². The number of nitrogens with zero attached hydrogens (tertiary/aromatic N) is 1. The van der Waals surface area contributed by atoms with E-state index >= 15 is 0 Å². The molecule has 0 saturated carbocycles. The molecule has 0 aliphatic carbocycles. The van der Waals surface area contributed by atoms with Gasteiger partial charge in [-0.05, 0) is 53.7 Å². The van der Waals surface area contributed by atoms with E-state index in [0.29, 0.717) is 39.3 Å².